The second-order valence-corrected chi connectivity index (χ2v) is 3.26. The number of alkyl halides is 1. The Hall–Kier alpha value is -1.07. The fourth-order valence-electron chi connectivity index (χ4n) is 1.48. The summed E-state index contributed by atoms with van der Waals surface area (Å²) >= 11 is 0. The summed E-state index contributed by atoms with van der Waals surface area (Å²) in [6.07, 6.45) is -0.0859. The molecule has 2 aliphatic heterocycles. The van der Waals surface area contributed by atoms with Gasteiger partial charge in [0.2, 0.25) is 6.23 Å². The van der Waals surface area contributed by atoms with Gasteiger partial charge in [-0.3, -0.25) is 0 Å². The third-order valence-corrected chi connectivity index (χ3v) is 2.25. The first-order valence-corrected chi connectivity index (χ1v) is 4.38. The van der Waals surface area contributed by atoms with Gasteiger partial charge in [0.05, 0.1) is 6.61 Å². The molecule has 5 heteroatoms. The maximum absolute atomic E-state index is 13.4. The van der Waals surface area contributed by atoms with Crippen molar-refractivity contribution in [1.29, 1.82) is 0 Å². The smallest absolute Gasteiger partial charge is 0.207 e. The zero-order valence-electron chi connectivity index (χ0n) is 7.60. The van der Waals surface area contributed by atoms with Crippen LogP contribution in [0, 0.1) is 0 Å². The van der Waals surface area contributed by atoms with Crippen LogP contribution in [0.25, 0.3) is 0 Å². The minimum Gasteiger partial charge on any atom is -0.469 e. The summed E-state index contributed by atoms with van der Waals surface area (Å²) in [7, 11) is 0. The quantitative estimate of drug-likeness (QED) is 0.665. The lowest BCUT2D eigenvalue weighted by Gasteiger charge is -2.29. The molecular formula is C9H12FNO3. The Morgan fingerprint density at radius 2 is 2.43 bits per heavy atom. The van der Waals surface area contributed by atoms with Crippen LogP contribution in [0.15, 0.2) is 24.6 Å². The molecule has 0 aliphatic carbocycles. The van der Waals surface area contributed by atoms with Gasteiger partial charge in [-0.05, 0) is 6.08 Å². The predicted molar refractivity (Wildman–Crippen MR) is 46.7 cm³/mol. The second kappa shape index (κ2) is 3.59. The lowest BCUT2D eigenvalue weighted by molar-refractivity contribution is -0.0694. The Kier molecular flexibility index (Phi) is 2.43. The molecule has 2 rings (SSSR count). The van der Waals surface area contributed by atoms with Gasteiger partial charge < -0.3 is 19.5 Å². The molecule has 0 aromatic rings. The van der Waals surface area contributed by atoms with Gasteiger partial charge in [-0.25, -0.2) is 4.39 Å². The summed E-state index contributed by atoms with van der Waals surface area (Å²) in [6.45, 7) is 4.21. The van der Waals surface area contributed by atoms with Crippen molar-refractivity contribution in [2.75, 3.05) is 13.3 Å². The van der Waals surface area contributed by atoms with Crippen LogP contribution in [0.1, 0.15) is 0 Å². The van der Waals surface area contributed by atoms with Crippen LogP contribution in [0.4, 0.5) is 4.39 Å². The van der Waals surface area contributed by atoms with Crippen LogP contribution in [0.3, 0.4) is 0 Å². The summed E-state index contributed by atoms with van der Waals surface area (Å²) in [5, 5.41) is 9.28. The molecule has 2 heterocycles. The standard InChI is InChI=1S/C9H12FNO3/c1-6-8(12)7(10)9(14-6)11-3-2-4-13-5-11/h2-3,7-9,12H,1,4-5H2/t7?,8?,9-/m1/s1. The van der Waals surface area contributed by atoms with E-state index in [1.807, 2.05) is 0 Å². The minimum absolute atomic E-state index is 0.0708. The zero-order valence-corrected chi connectivity index (χ0v) is 7.60. The molecule has 2 aliphatic rings. The summed E-state index contributed by atoms with van der Waals surface area (Å²) in [5.41, 5.74) is 0. The third-order valence-electron chi connectivity index (χ3n) is 2.25. The van der Waals surface area contributed by atoms with Crippen molar-refractivity contribution < 1.29 is 19.0 Å². The van der Waals surface area contributed by atoms with Crippen LogP contribution in [0.5, 0.6) is 0 Å². The molecule has 0 radical (unpaired) electrons. The van der Waals surface area contributed by atoms with E-state index >= 15 is 0 Å². The van der Waals surface area contributed by atoms with Crippen LogP contribution >= 0.6 is 0 Å². The molecule has 14 heavy (non-hydrogen) atoms. The predicted octanol–water partition coefficient (Wildman–Crippen LogP) is 0.359. The van der Waals surface area contributed by atoms with Gasteiger partial charge in [-0.15, -0.1) is 0 Å². The molecule has 0 saturated carbocycles. The van der Waals surface area contributed by atoms with E-state index in [1.54, 1.807) is 17.2 Å². The van der Waals surface area contributed by atoms with E-state index in [-0.39, 0.29) is 12.5 Å². The lowest BCUT2D eigenvalue weighted by Crippen LogP contribution is -2.41. The Bertz CT molecular complexity index is 269. The molecule has 1 fully saturated rings. The van der Waals surface area contributed by atoms with Crippen molar-refractivity contribution in [1.82, 2.24) is 4.90 Å². The maximum atomic E-state index is 13.4. The van der Waals surface area contributed by atoms with Gasteiger partial charge in [-0.1, -0.05) is 6.58 Å². The van der Waals surface area contributed by atoms with Crippen molar-refractivity contribution in [3.8, 4) is 0 Å². The lowest BCUT2D eigenvalue weighted by atomic mass is 10.2. The normalized spacial score (nSPS) is 37.4. The van der Waals surface area contributed by atoms with E-state index in [0.717, 1.165) is 0 Å². The molecule has 0 spiro atoms. The molecule has 78 valence electrons. The molecular weight excluding hydrogens is 189 g/mol. The van der Waals surface area contributed by atoms with E-state index in [1.165, 1.54) is 0 Å². The average Bonchev–Trinajstić information content (AvgIpc) is 2.47. The molecule has 4 nitrogen and oxygen atoms in total. The van der Waals surface area contributed by atoms with Gasteiger partial charge in [0.25, 0.3) is 0 Å². The SMILES string of the molecule is C=C1O[C@@H](N2C=CCOC2)C(F)C1O. The van der Waals surface area contributed by atoms with Crippen molar-refractivity contribution in [2.24, 2.45) is 0 Å². The molecule has 2 unspecified atom stereocenters. The van der Waals surface area contributed by atoms with Crippen LogP contribution in [-0.2, 0) is 9.47 Å². The van der Waals surface area contributed by atoms with E-state index in [4.69, 9.17) is 9.47 Å². The molecule has 0 aromatic heterocycles. The molecule has 1 saturated heterocycles. The number of hydrogen-bond acceptors (Lipinski definition) is 4. The highest BCUT2D eigenvalue weighted by molar-refractivity contribution is 5.07. The Morgan fingerprint density at radius 1 is 1.64 bits per heavy atom. The average molecular weight is 201 g/mol. The van der Waals surface area contributed by atoms with E-state index in [9.17, 15) is 9.50 Å². The van der Waals surface area contributed by atoms with Gasteiger partial charge in [0.15, 0.2) is 6.17 Å². The fraction of sp³-hybridized carbons (Fsp3) is 0.556. The van der Waals surface area contributed by atoms with Gasteiger partial charge in [-0.2, -0.15) is 0 Å². The van der Waals surface area contributed by atoms with Crippen LogP contribution in [-0.4, -0.2) is 41.8 Å². The van der Waals surface area contributed by atoms with E-state index in [0.29, 0.717) is 6.61 Å². The first kappa shape index (κ1) is 9.48. The number of aliphatic hydroxyl groups is 1. The molecule has 3 atom stereocenters. The molecule has 1 N–H and O–H groups in total. The number of nitrogens with zero attached hydrogens (tertiary/aromatic N) is 1. The van der Waals surface area contributed by atoms with Gasteiger partial charge >= 0.3 is 0 Å². The van der Waals surface area contributed by atoms with Crippen LogP contribution in [0.2, 0.25) is 0 Å². The van der Waals surface area contributed by atoms with Crippen LogP contribution < -0.4 is 0 Å². The number of halogens is 1. The summed E-state index contributed by atoms with van der Waals surface area (Å²) in [5.74, 6) is 0.0708. The summed E-state index contributed by atoms with van der Waals surface area (Å²) in [6, 6.07) is 0. The zero-order chi connectivity index (χ0) is 10.1. The summed E-state index contributed by atoms with van der Waals surface area (Å²) < 4.78 is 23.6. The van der Waals surface area contributed by atoms with Gasteiger partial charge in [0.1, 0.15) is 18.6 Å². The highest BCUT2D eigenvalue weighted by Gasteiger charge is 2.43. The van der Waals surface area contributed by atoms with Crippen molar-refractivity contribution in [2.45, 2.75) is 18.5 Å². The van der Waals surface area contributed by atoms with E-state index < -0.39 is 18.5 Å². The number of rotatable bonds is 1. The highest BCUT2D eigenvalue weighted by atomic mass is 19.1. The van der Waals surface area contributed by atoms with Gasteiger partial charge in [0, 0.05) is 6.20 Å². The largest absolute Gasteiger partial charge is 0.469 e. The maximum Gasteiger partial charge on any atom is 0.207 e. The first-order chi connectivity index (χ1) is 6.70. The minimum atomic E-state index is -1.48. The number of hydrogen-bond donors (Lipinski definition) is 1. The van der Waals surface area contributed by atoms with E-state index in [2.05, 4.69) is 6.58 Å². The third kappa shape index (κ3) is 1.49. The second-order valence-electron chi connectivity index (χ2n) is 3.26. The van der Waals surface area contributed by atoms with Crippen molar-refractivity contribution in [3.05, 3.63) is 24.6 Å². The highest BCUT2D eigenvalue weighted by Crippen LogP contribution is 2.28. The Morgan fingerprint density at radius 3 is 2.93 bits per heavy atom. The van der Waals surface area contributed by atoms with Crippen molar-refractivity contribution in [3.63, 3.8) is 0 Å². The molecule has 0 bridgehead atoms. The Balaban J connectivity index is 2.08. The monoisotopic (exact) mass is 201 g/mol. The molecule has 0 amide bonds. The van der Waals surface area contributed by atoms with Crippen molar-refractivity contribution >= 4 is 0 Å². The Labute approximate surface area is 81.2 Å². The summed E-state index contributed by atoms with van der Waals surface area (Å²) in [4.78, 5) is 1.55. The molecule has 0 aromatic carbocycles. The number of ether oxygens (including phenoxy) is 2. The first-order valence-electron chi connectivity index (χ1n) is 4.38. The fourth-order valence-corrected chi connectivity index (χ4v) is 1.48. The number of aliphatic hydroxyl groups excluding tert-OH is 1. The topological polar surface area (TPSA) is 41.9 Å².